The van der Waals surface area contributed by atoms with Crippen LogP contribution in [-0.2, 0) is 22.8 Å². The zero-order chi connectivity index (χ0) is 28.9. The SMILES string of the molecule is O=C1NC(=O)N(c2ccc(OCc3ccc(Cl)cc3)cc2)C(=O)/C1=C/c1ccc(OCc2ccc(Br)cc2)c(Br)c1. The highest BCUT2D eigenvalue weighted by molar-refractivity contribution is 9.10. The molecule has 1 aliphatic rings. The van der Waals surface area contributed by atoms with Crippen molar-refractivity contribution in [1.29, 1.82) is 0 Å². The quantitative estimate of drug-likeness (QED) is 0.151. The summed E-state index contributed by atoms with van der Waals surface area (Å²) in [5.41, 5.74) is 2.63. The molecular weight excluding hydrogens is 676 g/mol. The Bertz CT molecular complexity index is 1640. The Balaban J connectivity index is 1.28. The Hall–Kier alpha value is -3.92. The molecule has 4 aromatic rings. The maximum absolute atomic E-state index is 13.3. The van der Waals surface area contributed by atoms with E-state index in [-0.39, 0.29) is 5.57 Å². The average Bonchev–Trinajstić information content (AvgIpc) is 2.96. The van der Waals surface area contributed by atoms with E-state index in [2.05, 4.69) is 37.2 Å². The van der Waals surface area contributed by atoms with Crippen molar-refractivity contribution in [2.24, 2.45) is 0 Å². The van der Waals surface area contributed by atoms with Gasteiger partial charge >= 0.3 is 6.03 Å². The van der Waals surface area contributed by atoms with E-state index in [9.17, 15) is 14.4 Å². The summed E-state index contributed by atoms with van der Waals surface area (Å²) in [6.45, 7) is 0.694. The van der Waals surface area contributed by atoms with Gasteiger partial charge in [-0.3, -0.25) is 14.9 Å². The molecule has 7 nitrogen and oxygen atoms in total. The maximum atomic E-state index is 13.3. The first-order valence-electron chi connectivity index (χ1n) is 12.3. The number of hydrogen-bond donors (Lipinski definition) is 1. The van der Waals surface area contributed by atoms with Crippen LogP contribution in [0.4, 0.5) is 10.5 Å². The van der Waals surface area contributed by atoms with Gasteiger partial charge in [-0.25, -0.2) is 9.69 Å². The summed E-state index contributed by atoms with van der Waals surface area (Å²) >= 11 is 12.8. The molecule has 5 rings (SSSR count). The van der Waals surface area contributed by atoms with Crippen LogP contribution in [0.25, 0.3) is 6.08 Å². The van der Waals surface area contributed by atoms with Crippen molar-refractivity contribution in [1.82, 2.24) is 5.32 Å². The molecule has 0 bridgehead atoms. The lowest BCUT2D eigenvalue weighted by atomic mass is 10.1. The van der Waals surface area contributed by atoms with Crippen LogP contribution in [0.3, 0.4) is 0 Å². The third-order valence-electron chi connectivity index (χ3n) is 6.09. The van der Waals surface area contributed by atoms with Gasteiger partial charge in [0, 0.05) is 9.50 Å². The number of urea groups is 1. The van der Waals surface area contributed by atoms with E-state index in [1.54, 1.807) is 54.6 Å². The highest BCUT2D eigenvalue weighted by atomic mass is 79.9. The number of imide groups is 2. The third-order valence-corrected chi connectivity index (χ3v) is 7.49. The predicted octanol–water partition coefficient (Wildman–Crippen LogP) is 7.69. The van der Waals surface area contributed by atoms with E-state index in [4.69, 9.17) is 21.1 Å². The number of carbonyl (C=O) groups excluding carboxylic acids is 3. The number of barbiturate groups is 1. The third kappa shape index (κ3) is 7.05. The summed E-state index contributed by atoms with van der Waals surface area (Å²) in [6, 6.07) is 25.9. The smallest absolute Gasteiger partial charge is 0.335 e. The molecule has 1 fully saturated rings. The normalized spacial score (nSPS) is 14.3. The van der Waals surface area contributed by atoms with Gasteiger partial charge in [-0.05, 0) is 99.4 Å². The van der Waals surface area contributed by atoms with E-state index in [1.165, 1.54) is 6.08 Å². The highest BCUT2D eigenvalue weighted by Gasteiger charge is 2.36. The molecule has 41 heavy (non-hydrogen) atoms. The minimum Gasteiger partial charge on any atom is -0.489 e. The summed E-state index contributed by atoms with van der Waals surface area (Å²) in [4.78, 5) is 39.5. The van der Waals surface area contributed by atoms with Gasteiger partial charge < -0.3 is 9.47 Å². The standard InChI is InChI=1S/C31H21Br2ClN2O5/c32-22-6-1-19(2-7-22)18-41-28-14-5-21(16-27(28)33)15-26-29(37)35-31(39)36(30(26)38)24-10-12-25(13-11-24)40-17-20-3-8-23(34)9-4-20/h1-16H,17-18H2,(H,35,37,39)/b26-15+. The maximum Gasteiger partial charge on any atom is 0.335 e. The van der Waals surface area contributed by atoms with Gasteiger partial charge in [0.25, 0.3) is 11.8 Å². The van der Waals surface area contributed by atoms with Crippen molar-refractivity contribution in [2.45, 2.75) is 13.2 Å². The van der Waals surface area contributed by atoms with Crippen molar-refractivity contribution in [3.63, 3.8) is 0 Å². The number of nitrogens with zero attached hydrogens (tertiary/aromatic N) is 1. The zero-order valence-corrected chi connectivity index (χ0v) is 25.2. The van der Waals surface area contributed by atoms with Gasteiger partial charge in [-0.15, -0.1) is 0 Å². The zero-order valence-electron chi connectivity index (χ0n) is 21.3. The Morgan fingerprint density at radius 1 is 0.780 bits per heavy atom. The van der Waals surface area contributed by atoms with Gasteiger partial charge in [0.05, 0.1) is 10.2 Å². The number of ether oxygens (including phenoxy) is 2. The van der Waals surface area contributed by atoms with Crippen LogP contribution >= 0.6 is 43.5 Å². The minimum absolute atomic E-state index is 0.178. The number of benzene rings is 4. The average molecular weight is 697 g/mol. The van der Waals surface area contributed by atoms with E-state index in [0.717, 1.165) is 20.5 Å². The van der Waals surface area contributed by atoms with Crippen LogP contribution in [0.1, 0.15) is 16.7 Å². The lowest BCUT2D eigenvalue weighted by Gasteiger charge is -2.26. The molecule has 0 aromatic heterocycles. The molecule has 0 radical (unpaired) electrons. The molecule has 1 heterocycles. The second-order valence-corrected chi connectivity index (χ2v) is 11.2. The van der Waals surface area contributed by atoms with Crippen LogP contribution in [-0.4, -0.2) is 17.8 Å². The largest absolute Gasteiger partial charge is 0.489 e. The summed E-state index contributed by atoms with van der Waals surface area (Å²) in [6.07, 6.45) is 1.43. The molecular formula is C31H21Br2ClN2O5. The number of amides is 4. The van der Waals surface area contributed by atoms with Crippen LogP contribution in [0.15, 0.2) is 106 Å². The van der Waals surface area contributed by atoms with Crippen molar-refractivity contribution in [3.05, 3.63) is 127 Å². The van der Waals surface area contributed by atoms with E-state index in [0.29, 0.717) is 45.5 Å². The molecule has 0 spiro atoms. The molecule has 4 aromatic carbocycles. The van der Waals surface area contributed by atoms with Gasteiger partial charge in [0.15, 0.2) is 0 Å². The van der Waals surface area contributed by atoms with Crippen molar-refractivity contribution >= 4 is 73.1 Å². The fraction of sp³-hybridized carbons (Fsp3) is 0.0645. The fourth-order valence-corrected chi connectivity index (χ4v) is 4.86. The molecule has 1 saturated heterocycles. The number of carbonyl (C=O) groups is 3. The Morgan fingerprint density at radius 2 is 1.41 bits per heavy atom. The van der Waals surface area contributed by atoms with E-state index >= 15 is 0 Å². The molecule has 10 heteroatoms. The first-order valence-corrected chi connectivity index (χ1v) is 14.3. The van der Waals surface area contributed by atoms with Gasteiger partial charge in [-0.1, -0.05) is 57.9 Å². The monoisotopic (exact) mass is 694 g/mol. The fourth-order valence-electron chi connectivity index (χ4n) is 3.96. The Morgan fingerprint density at radius 3 is 2.07 bits per heavy atom. The lowest BCUT2D eigenvalue weighted by Crippen LogP contribution is -2.54. The number of anilines is 1. The predicted molar refractivity (Wildman–Crippen MR) is 164 cm³/mol. The van der Waals surface area contributed by atoms with Crippen molar-refractivity contribution in [2.75, 3.05) is 4.90 Å². The van der Waals surface area contributed by atoms with Gasteiger partial charge in [0.2, 0.25) is 0 Å². The number of hydrogen-bond acceptors (Lipinski definition) is 5. The second-order valence-electron chi connectivity index (χ2n) is 8.97. The molecule has 0 atom stereocenters. The number of halogens is 3. The Kier molecular flexibility index (Phi) is 8.87. The topological polar surface area (TPSA) is 84.9 Å². The first-order chi connectivity index (χ1) is 19.8. The Labute approximate surface area is 258 Å². The molecule has 0 saturated carbocycles. The summed E-state index contributed by atoms with van der Waals surface area (Å²) in [7, 11) is 0. The molecule has 4 amide bonds. The molecule has 0 unspecified atom stereocenters. The number of rotatable bonds is 8. The van der Waals surface area contributed by atoms with Crippen LogP contribution < -0.4 is 19.7 Å². The summed E-state index contributed by atoms with van der Waals surface area (Å²) in [5.74, 6) is -0.358. The summed E-state index contributed by atoms with van der Waals surface area (Å²) < 4.78 is 13.3. The lowest BCUT2D eigenvalue weighted by molar-refractivity contribution is -0.122. The van der Waals surface area contributed by atoms with Crippen LogP contribution in [0, 0.1) is 0 Å². The molecule has 206 valence electrons. The van der Waals surface area contributed by atoms with Gasteiger partial charge in [0.1, 0.15) is 30.3 Å². The number of nitrogens with one attached hydrogen (secondary N) is 1. The summed E-state index contributed by atoms with van der Waals surface area (Å²) in [5, 5.41) is 2.88. The minimum atomic E-state index is -0.829. The van der Waals surface area contributed by atoms with E-state index in [1.807, 2.05) is 36.4 Å². The van der Waals surface area contributed by atoms with E-state index < -0.39 is 17.8 Å². The van der Waals surface area contributed by atoms with Gasteiger partial charge in [-0.2, -0.15) is 0 Å². The molecule has 0 aliphatic carbocycles. The highest BCUT2D eigenvalue weighted by Crippen LogP contribution is 2.29. The van der Waals surface area contributed by atoms with Crippen LogP contribution in [0.2, 0.25) is 5.02 Å². The molecule has 1 aliphatic heterocycles. The van der Waals surface area contributed by atoms with Crippen molar-refractivity contribution in [3.8, 4) is 11.5 Å². The second kappa shape index (κ2) is 12.7. The first kappa shape index (κ1) is 28.6. The van der Waals surface area contributed by atoms with Crippen molar-refractivity contribution < 1.29 is 23.9 Å². The van der Waals surface area contributed by atoms with Crippen LogP contribution in [0.5, 0.6) is 11.5 Å². The molecule has 1 N–H and O–H groups in total.